The maximum absolute atomic E-state index is 13.0. The van der Waals surface area contributed by atoms with Gasteiger partial charge in [-0.1, -0.05) is 13.0 Å². The summed E-state index contributed by atoms with van der Waals surface area (Å²) in [6.45, 7) is 5.91. The lowest BCUT2D eigenvalue weighted by Gasteiger charge is -2.36. The van der Waals surface area contributed by atoms with Crippen LogP contribution >= 0.6 is 11.3 Å². The summed E-state index contributed by atoms with van der Waals surface area (Å²) in [5.41, 5.74) is 0. The molecule has 1 N–H and O–H groups in total. The number of aryl methyl sites for hydroxylation is 1. The third kappa shape index (κ3) is 3.48. The zero-order valence-corrected chi connectivity index (χ0v) is 15.3. The average molecular weight is 347 g/mol. The Labute approximate surface area is 147 Å². The number of imidazole rings is 1. The Morgan fingerprint density at radius 1 is 1.46 bits per heavy atom. The minimum Gasteiger partial charge on any atom is -0.333 e. The first-order chi connectivity index (χ1) is 11.7. The molecule has 6 heteroatoms. The van der Waals surface area contributed by atoms with Crippen LogP contribution in [0.4, 0.5) is 4.79 Å². The van der Waals surface area contributed by atoms with E-state index in [0.29, 0.717) is 0 Å². The van der Waals surface area contributed by atoms with Crippen LogP contribution in [0.15, 0.2) is 29.9 Å². The summed E-state index contributed by atoms with van der Waals surface area (Å²) >= 11 is 1.70. The molecule has 0 saturated carbocycles. The van der Waals surface area contributed by atoms with Crippen LogP contribution in [0.5, 0.6) is 0 Å². The van der Waals surface area contributed by atoms with Crippen LogP contribution in [0.3, 0.4) is 0 Å². The molecule has 2 unspecified atom stereocenters. The van der Waals surface area contributed by atoms with Crippen molar-refractivity contribution >= 4 is 17.4 Å². The summed E-state index contributed by atoms with van der Waals surface area (Å²) in [6.07, 6.45) is 7.93. The van der Waals surface area contributed by atoms with Crippen LogP contribution in [0.1, 0.15) is 62.3 Å². The molecule has 2 aromatic heterocycles. The molecule has 1 aliphatic heterocycles. The second-order valence-electron chi connectivity index (χ2n) is 6.20. The number of aromatic nitrogens is 2. The number of urea groups is 1. The number of carbonyl (C=O) groups excluding carboxylic acids is 1. The van der Waals surface area contributed by atoms with Gasteiger partial charge in [0.15, 0.2) is 0 Å². The van der Waals surface area contributed by atoms with Crippen LogP contribution in [0, 0.1) is 0 Å². The van der Waals surface area contributed by atoms with Crippen molar-refractivity contribution in [3.8, 4) is 0 Å². The molecule has 2 amide bonds. The van der Waals surface area contributed by atoms with Gasteiger partial charge in [0.25, 0.3) is 0 Å². The molecule has 0 spiro atoms. The fraction of sp³-hybridized carbons (Fsp3) is 0.556. The predicted molar refractivity (Wildman–Crippen MR) is 97.1 cm³/mol. The first-order valence-corrected chi connectivity index (χ1v) is 9.74. The van der Waals surface area contributed by atoms with Gasteiger partial charge in [-0.05, 0) is 44.1 Å². The Morgan fingerprint density at radius 3 is 3.04 bits per heavy atom. The van der Waals surface area contributed by atoms with Crippen molar-refractivity contribution in [1.29, 1.82) is 0 Å². The van der Waals surface area contributed by atoms with Crippen molar-refractivity contribution in [2.24, 2.45) is 0 Å². The minimum atomic E-state index is 0.0330. The second kappa shape index (κ2) is 7.83. The molecule has 0 radical (unpaired) electrons. The van der Waals surface area contributed by atoms with E-state index in [1.165, 1.54) is 4.88 Å². The SMILES string of the molecule is CCC(NC(=O)N1CCCCC1c1nccn1CC)c1cccs1. The van der Waals surface area contributed by atoms with E-state index in [1.807, 2.05) is 23.4 Å². The van der Waals surface area contributed by atoms with Crippen LogP contribution in [0.2, 0.25) is 0 Å². The molecule has 0 aromatic carbocycles. The number of nitrogens with zero attached hydrogens (tertiary/aromatic N) is 3. The van der Waals surface area contributed by atoms with E-state index in [4.69, 9.17) is 0 Å². The highest BCUT2D eigenvalue weighted by Crippen LogP contribution is 2.31. The molecular formula is C18H26N4OS. The summed E-state index contributed by atoms with van der Waals surface area (Å²) in [7, 11) is 0. The van der Waals surface area contributed by atoms with Crippen molar-refractivity contribution < 1.29 is 4.79 Å². The molecule has 130 valence electrons. The average Bonchev–Trinajstić information content (AvgIpc) is 3.30. The number of hydrogen-bond donors (Lipinski definition) is 1. The maximum atomic E-state index is 13.0. The monoisotopic (exact) mass is 346 g/mol. The van der Waals surface area contributed by atoms with Gasteiger partial charge in [0.2, 0.25) is 0 Å². The molecule has 1 saturated heterocycles. The van der Waals surface area contributed by atoms with Gasteiger partial charge in [0.1, 0.15) is 5.82 Å². The van der Waals surface area contributed by atoms with Crippen molar-refractivity contribution in [3.05, 3.63) is 40.6 Å². The lowest BCUT2D eigenvalue weighted by Crippen LogP contribution is -2.46. The Balaban J connectivity index is 1.76. The van der Waals surface area contributed by atoms with Gasteiger partial charge in [-0.15, -0.1) is 11.3 Å². The number of rotatable bonds is 5. The van der Waals surface area contributed by atoms with E-state index in [1.54, 1.807) is 11.3 Å². The molecule has 0 bridgehead atoms. The molecular weight excluding hydrogens is 320 g/mol. The maximum Gasteiger partial charge on any atom is 0.318 e. The fourth-order valence-electron chi connectivity index (χ4n) is 3.42. The summed E-state index contributed by atoms with van der Waals surface area (Å²) in [4.78, 5) is 20.7. The Morgan fingerprint density at radius 2 is 2.33 bits per heavy atom. The van der Waals surface area contributed by atoms with E-state index in [-0.39, 0.29) is 18.1 Å². The lowest BCUT2D eigenvalue weighted by atomic mass is 10.0. The Bertz CT molecular complexity index is 652. The number of nitrogens with one attached hydrogen (secondary N) is 1. The quantitative estimate of drug-likeness (QED) is 0.875. The number of piperidine rings is 1. The zero-order valence-electron chi connectivity index (χ0n) is 14.4. The third-order valence-corrected chi connectivity index (χ3v) is 5.73. The van der Waals surface area contributed by atoms with Crippen LogP contribution < -0.4 is 5.32 Å². The lowest BCUT2D eigenvalue weighted by molar-refractivity contribution is 0.142. The van der Waals surface area contributed by atoms with E-state index in [9.17, 15) is 4.79 Å². The van der Waals surface area contributed by atoms with Crippen molar-refractivity contribution in [2.45, 2.75) is 58.2 Å². The summed E-state index contributed by atoms with van der Waals surface area (Å²) in [6, 6.07) is 4.33. The highest BCUT2D eigenvalue weighted by molar-refractivity contribution is 7.10. The molecule has 2 aromatic rings. The van der Waals surface area contributed by atoms with Crippen LogP contribution in [-0.4, -0.2) is 27.0 Å². The molecule has 1 aliphatic rings. The van der Waals surface area contributed by atoms with Gasteiger partial charge in [0, 0.05) is 30.4 Å². The van der Waals surface area contributed by atoms with Crippen LogP contribution in [0.25, 0.3) is 0 Å². The number of amides is 2. The van der Waals surface area contributed by atoms with Gasteiger partial charge in [-0.3, -0.25) is 0 Å². The normalized spacial score (nSPS) is 19.2. The predicted octanol–water partition coefficient (Wildman–Crippen LogP) is 4.35. The van der Waals surface area contributed by atoms with Gasteiger partial charge >= 0.3 is 6.03 Å². The van der Waals surface area contributed by atoms with E-state index in [2.05, 4.69) is 40.2 Å². The number of hydrogen-bond acceptors (Lipinski definition) is 3. The summed E-state index contributed by atoms with van der Waals surface area (Å²) < 4.78 is 2.15. The highest BCUT2D eigenvalue weighted by Gasteiger charge is 2.31. The summed E-state index contributed by atoms with van der Waals surface area (Å²) in [5.74, 6) is 1.01. The van der Waals surface area contributed by atoms with Crippen LogP contribution in [-0.2, 0) is 6.54 Å². The molecule has 24 heavy (non-hydrogen) atoms. The fourth-order valence-corrected chi connectivity index (χ4v) is 4.29. The summed E-state index contributed by atoms with van der Waals surface area (Å²) in [5, 5.41) is 5.29. The molecule has 0 aliphatic carbocycles. The third-order valence-electron chi connectivity index (χ3n) is 4.74. The van der Waals surface area contributed by atoms with Gasteiger partial charge in [-0.25, -0.2) is 9.78 Å². The van der Waals surface area contributed by atoms with E-state index in [0.717, 1.165) is 44.6 Å². The van der Waals surface area contributed by atoms with E-state index < -0.39 is 0 Å². The zero-order chi connectivity index (χ0) is 16.9. The smallest absolute Gasteiger partial charge is 0.318 e. The van der Waals surface area contributed by atoms with Gasteiger partial charge < -0.3 is 14.8 Å². The topological polar surface area (TPSA) is 50.2 Å². The standard InChI is InChI=1S/C18H26N4OS/c1-3-14(16-9-7-13-24-16)20-18(23)22-11-6-5-8-15(22)17-19-10-12-21(17)4-2/h7,9-10,12-15H,3-6,8,11H2,1-2H3,(H,20,23). The van der Waals surface area contributed by atoms with Gasteiger partial charge in [0.05, 0.1) is 12.1 Å². The van der Waals surface area contributed by atoms with Crippen molar-refractivity contribution in [2.75, 3.05) is 6.54 Å². The number of thiophene rings is 1. The molecule has 2 atom stereocenters. The largest absolute Gasteiger partial charge is 0.333 e. The Kier molecular flexibility index (Phi) is 5.56. The molecule has 3 rings (SSSR count). The number of likely N-dealkylation sites (tertiary alicyclic amines) is 1. The Hall–Kier alpha value is -1.82. The first kappa shape index (κ1) is 17.0. The highest BCUT2D eigenvalue weighted by atomic mass is 32.1. The molecule has 1 fully saturated rings. The number of carbonyl (C=O) groups is 1. The van der Waals surface area contributed by atoms with Crippen molar-refractivity contribution in [3.63, 3.8) is 0 Å². The molecule has 3 heterocycles. The van der Waals surface area contributed by atoms with Crippen molar-refractivity contribution in [1.82, 2.24) is 19.8 Å². The second-order valence-corrected chi connectivity index (χ2v) is 7.18. The van der Waals surface area contributed by atoms with E-state index >= 15 is 0 Å². The minimum absolute atomic E-state index is 0.0330. The first-order valence-electron chi connectivity index (χ1n) is 8.86. The molecule has 5 nitrogen and oxygen atoms in total. The van der Waals surface area contributed by atoms with Gasteiger partial charge in [-0.2, -0.15) is 0 Å².